The molecule has 2 aromatic heterocycles. The summed E-state index contributed by atoms with van der Waals surface area (Å²) in [4.78, 5) is 10.2. The molecule has 0 spiro atoms. The molecule has 8 rings (SSSR count). The van der Waals surface area contributed by atoms with Crippen LogP contribution in [0.4, 0.5) is 0 Å². The molecule has 6 aromatic carbocycles. The maximum atomic E-state index is 13.2. The highest BCUT2D eigenvalue weighted by atomic mass is 16.3. The molecule has 0 saturated carbocycles. The number of benzene rings is 6. The topological polar surface area (TPSA) is 50.9 Å². The Kier molecular flexibility index (Phi) is 7.48. The summed E-state index contributed by atoms with van der Waals surface area (Å²) in [6.45, 7) is -6.41. The van der Waals surface area contributed by atoms with Crippen molar-refractivity contribution in [1.29, 1.82) is 0 Å². The zero-order valence-electron chi connectivity index (χ0n) is 57.1. The zero-order chi connectivity index (χ0) is 62.6. The quantitative estimate of drug-likeness (QED) is 0.165. The van der Waals surface area contributed by atoms with E-state index in [4.69, 9.17) is 34.6 Å². The van der Waals surface area contributed by atoms with E-state index < -0.39 is 79.8 Å². The Labute approximate surface area is 420 Å². The first-order valence-electron chi connectivity index (χ1n) is 31.3. The Bertz CT molecular complexity index is 3670. The van der Waals surface area contributed by atoms with Gasteiger partial charge in [-0.05, 0) is 152 Å². The van der Waals surface area contributed by atoms with Gasteiger partial charge in [-0.3, -0.25) is 9.55 Å². The fourth-order valence-corrected chi connectivity index (χ4v) is 9.04. The van der Waals surface area contributed by atoms with Crippen LogP contribution in [0.3, 0.4) is 0 Å². The van der Waals surface area contributed by atoms with E-state index in [0.717, 1.165) is 50.6 Å². The van der Waals surface area contributed by atoms with Crippen LogP contribution in [0.2, 0.25) is 0 Å². The number of phenols is 1. The molecule has 0 aliphatic carbocycles. The van der Waals surface area contributed by atoms with Crippen molar-refractivity contribution in [1.82, 2.24) is 14.5 Å². The maximum Gasteiger partial charge on any atom is 0.149 e. The minimum atomic E-state index is -4.13. The molecule has 0 aliphatic rings. The monoisotopic (exact) mass is 890 g/mol. The summed E-state index contributed by atoms with van der Waals surface area (Å²) in [5.74, 6) is -2.32. The van der Waals surface area contributed by atoms with E-state index in [1.165, 1.54) is 0 Å². The van der Waals surface area contributed by atoms with Crippen LogP contribution in [0.5, 0.6) is 5.75 Å². The van der Waals surface area contributed by atoms with Crippen LogP contribution in [0.25, 0.3) is 72.7 Å². The second-order valence-corrected chi connectivity index (χ2v) is 19.3. The summed E-state index contributed by atoms with van der Waals surface area (Å²) in [7, 11) is 0. The smallest absolute Gasteiger partial charge is 0.149 e. The predicted molar refractivity (Wildman–Crippen MR) is 281 cm³/mol. The molecule has 66 heavy (non-hydrogen) atoms. The number of hydrogen-bond acceptors (Lipinski definition) is 3. The molecular weight excluding hydrogens is 803 g/mol. The van der Waals surface area contributed by atoms with Crippen molar-refractivity contribution in [2.45, 2.75) is 132 Å². The van der Waals surface area contributed by atoms with Gasteiger partial charge in [0, 0.05) is 47.6 Å². The Hall–Kier alpha value is -6.26. The second-order valence-electron chi connectivity index (χ2n) is 19.3. The van der Waals surface area contributed by atoms with Gasteiger partial charge in [0.1, 0.15) is 11.6 Å². The number of aryl methyl sites for hydroxylation is 2. The number of imidazole rings is 1. The number of para-hydroxylation sites is 1. The molecule has 4 heteroatoms. The van der Waals surface area contributed by atoms with Gasteiger partial charge < -0.3 is 5.11 Å². The number of rotatable bonds is 8. The SMILES string of the molecule is [2H]C([2H])([2H])C(c1cc(-c2nc3c(-c4cc(-c5cc(-c6c(C)cccc6C)ccn5)cc(C(C)(C)C)c4)cccc3n2-c2c(C(C)C)cc(-c3ccccc3)cc2C(C)C)c(O)c(C(C([2H])([2H])[2H])(C([2H])([2H])[2H])C([2H])([2H])[2H])c1)(C([2H])([2H])[2H])C([2H])([2H])[2H]. The highest BCUT2D eigenvalue weighted by Gasteiger charge is 2.31. The first-order valence-corrected chi connectivity index (χ1v) is 22.3. The third-order valence-electron chi connectivity index (χ3n) is 12.6. The molecule has 0 radical (unpaired) electrons. The van der Waals surface area contributed by atoms with Crippen LogP contribution in [0.1, 0.15) is 165 Å². The van der Waals surface area contributed by atoms with Crippen LogP contribution < -0.4 is 0 Å². The molecule has 4 nitrogen and oxygen atoms in total. The van der Waals surface area contributed by atoms with E-state index in [9.17, 15) is 5.11 Å². The van der Waals surface area contributed by atoms with Gasteiger partial charge in [-0.15, -0.1) is 0 Å². The number of nitrogens with zero attached hydrogens (tertiary/aromatic N) is 3. The van der Waals surface area contributed by atoms with Crippen molar-refractivity contribution in [2.75, 3.05) is 0 Å². The summed E-state index contributed by atoms with van der Waals surface area (Å²) in [6, 6.07) is 36.1. The second kappa shape index (κ2) is 17.2. The largest absolute Gasteiger partial charge is 0.507 e. The summed E-state index contributed by atoms with van der Waals surface area (Å²) in [5.41, 5.74) is -0.358. The Balaban J connectivity index is 1.64. The van der Waals surface area contributed by atoms with Gasteiger partial charge in [0.25, 0.3) is 0 Å². The summed E-state index contributed by atoms with van der Waals surface area (Å²) >= 11 is 0. The molecule has 338 valence electrons. The fourth-order valence-electron chi connectivity index (χ4n) is 9.04. The van der Waals surface area contributed by atoms with Gasteiger partial charge in [-0.2, -0.15) is 0 Å². The third kappa shape index (κ3) is 8.75. The number of hydrogen-bond donors (Lipinski definition) is 1. The molecule has 1 N–H and O–H groups in total. The summed E-state index contributed by atoms with van der Waals surface area (Å²) in [5, 5.41) is 13.2. The van der Waals surface area contributed by atoms with Gasteiger partial charge in [0.05, 0.1) is 28.0 Å². The lowest BCUT2D eigenvalue weighted by molar-refractivity contribution is 0.446. The van der Waals surface area contributed by atoms with Gasteiger partial charge in [0.2, 0.25) is 0 Å². The molecule has 2 heterocycles. The van der Waals surface area contributed by atoms with Crippen molar-refractivity contribution in [3.8, 4) is 67.5 Å². The normalized spacial score (nSPS) is 17.7. The number of fused-ring (bicyclic) bond motifs is 1. The average Bonchev–Trinajstić information content (AvgIpc) is 0.914. The minimum Gasteiger partial charge on any atom is -0.507 e. The van der Waals surface area contributed by atoms with Crippen molar-refractivity contribution >= 4 is 11.0 Å². The molecular formula is C62H69N3O. The van der Waals surface area contributed by atoms with Crippen LogP contribution in [0, 0.1) is 13.8 Å². The van der Waals surface area contributed by atoms with Crippen molar-refractivity contribution in [3.63, 3.8) is 0 Å². The molecule has 0 atom stereocenters. The number of aromatic nitrogens is 3. The molecule has 0 amide bonds. The first-order chi connectivity index (χ1) is 38.5. The first kappa shape index (κ1) is 28.7. The maximum absolute atomic E-state index is 13.2. The van der Waals surface area contributed by atoms with E-state index >= 15 is 0 Å². The summed E-state index contributed by atoms with van der Waals surface area (Å²) < 4.78 is 161. The Morgan fingerprint density at radius 2 is 1.18 bits per heavy atom. The highest BCUT2D eigenvalue weighted by molar-refractivity contribution is 5.97. The van der Waals surface area contributed by atoms with E-state index in [-0.39, 0.29) is 23.2 Å². The van der Waals surface area contributed by atoms with E-state index in [2.05, 4.69) is 26.8 Å². The van der Waals surface area contributed by atoms with Gasteiger partial charge >= 0.3 is 0 Å². The van der Waals surface area contributed by atoms with Gasteiger partial charge in [-0.1, -0.05) is 162 Å². The van der Waals surface area contributed by atoms with Gasteiger partial charge in [-0.25, -0.2) is 4.98 Å². The van der Waals surface area contributed by atoms with E-state index in [1.54, 1.807) is 22.9 Å². The van der Waals surface area contributed by atoms with Crippen molar-refractivity contribution in [2.24, 2.45) is 0 Å². The molecule has 0 saturated heterocycles. The molecule has 8 aromatic rings. The molecule has 0 fully saturated rings. The van der Waals surface area contributed by atoms with E-state index in [1.807, 2.05) is 133 Å². The lowest BCUT2D eigenvalue weighted by atomic mass is 9.78. The van der Waals surface area contributed by atoms with Crippen LogP contribution in [-0.4, -0.2) is 19.6 Å². The predicted octanol–water partition coefficient (Wildman–Crippen LogP) is 17.2. The standard InChI is InChI=1S/C62H69N3O/c1-37(2)49-32-43(41-23-17-16-18-24-41)33-50(38(3)4)57(49)65-54-26-20-25-48(56(54)64-59(65)51-35-47(61(10,11)12)36-52(58(51)66)62(13,14)15)44-29-45(31-46(30-44)60(7,8)9)53-34-42(27-28-63-53)55-39(5)21-19-22-40(55)6/h16-38,66H,1-15H3/i10D3,11D3,12D3,13D3,14D3,15D3. The average molecular weight is 890 g/mol. The third-order valence-corrected chi connectivity index (χ3v) is 12.6. The lowest BCUT2D eigenvalue weighted by Crippen LogP contribution is -2.17. The minimum absolute atomic E-state index is 0.215. The lowest BCUT2D eigenvalue weighted by Gasteiger charge is -2.28. The Morgan fingerprint density at radius 3 is 1.80 bits per heavy atom. The Morgan fingerprint density at radius 1 is 0.561 bits per heavy atom. The molecule has 0 bridgehead atoms. The van der Waals surface area contributed by atoms with Gasteiger partial charge in [0.15, 0.2) is 0 Å². The van der Waals surface area contributed by atoms with E-state index in [0.29, 0.717) is 45.2 Å². The van der Waals surface area contributed by atoms with Crippen LogP contribution >= 0.6 is 0 Å². The van der Waals surface area contributed by atoms with Crippen molar-refractivity contribution in [3.05, 3.63) is 166 Å². The number of pyridine rings is 1. The molecule has 0 unspecified atom stereocenters. The summed E-state index contributed by atoms with van der Waals surface area (Å²) in [6.07, 6.45) is 1.75. The van der Waals surface area contributed by atoms with Crippen molar-refractivity contribution < 1.29 is 29.8 Å². The fraction of sp³-hybridized carbons (Fsp3) is 0.323. The number of aromatic hydroxyl groups is 1. The highest BCUT2D eigenvalue weighted by Crippen LogP contribution is 2.47. The molecule has 0 aliphatic heterocycles. The van der Waals surface area contributed by atoms with Crippen LogP contribution in [-0.2, 0) is 16.2 Å². The van der Waals surface area contributed by atoms with Crippen LogP contribution in [0.15, 0.2) is 128 Å². The number of phenolic OH excluding ortho intramolecular Hbond substituents is 1. The zero-order valence-corrected chi connectivity index (χ0v) is 39.1.